The number of carboxylic acids is 1. The van der Waals surface area contributed by atoms with Crippen molar-refractivity contribution in [1.29, 1.82) is 0 Å². The van der Waals surface area contributed by atoms with Crippen LogP contribution >= 0.6 is 11.6 Å². The fourth-order valence-corrected chi connectivity index (χ4v) is 1.68. The third-order valence-corrected chi connectivity index (χ3v) is 2.25. The maximum Gasteiger partial charge on any atom is 0.337 e. The number of hydrogen-bond acceptors (Lipinski definition) is 2. The van der Waals surface area contributed by atoms with E-state index in [1.165, 1.54) is 10.7 Å². The van der Waals surface area contributed by atoms with E-state index in [9.17, 15) is 4.79 Å². The molecule has 1 aromatic heterocycles. The first-order valence-corrected chi connectivity index (χ1v) is 4.32. The van der Waals surface area contributed by atoms with Crippen molar-refractivity contribution in [2.24, 2.45) is 7.05 Å². The summed E-state index contributed by atoms with van der Waals surface area (Å²) < 4.78 is 1.52. The number of halogens is 1. The zero-order chi connectivity index (χ0) is 10.3. The number of aromatic carboxylic acids is 1. The van der Waals surface area contributed by atoms with E-state index in [1.807, 2.05) is 0 Å². The van der Waals surface area contributed by atoms with Gasteiger partial charge in [0.05, 0.1) is 17.3 Å². The van der Waals surface area contributed by atoms with Crippen molar-refractivity contribution in [2.75, 3.05) is 0 Å². The molecule has 0 fully saturated rings. The number of rotatable bonds is 1. The summed E-state index contributed by atoms with van der Waals surface area (Å²) >= 11 is 5.78. The lowest BCUT2D eigenvalue weighted by atomic mass is 10.1. The molecule has 14 heavy (non-hydrogen) atoms. The molecule has 0 bridgehead atoms. The first-order chi connectivity index (χ1) is 6.59. The van der Waals surface area contributed by atoms with E-state index in [0.717, 1.165) is 5.39 Å². The molecule has 0 aliphatic carbocycles. The number of carbonyl (C=O) groups is 1. The predicted molar refractivity (Wildman–Crippen MR) is 52.7 cm³/mol. The Morgan fingerprint density at radius 1 is 1.57 bits per heavy atom. The average Bonchev–Trinajstić information content (AvgIpc) is 2.46. The molecule has 1 aromatic carbocycles. The second kappa shape index (κ2) is 2.99. The van der Waals surface area contributed by atoms with Crippen LogP contribution in [-0.4, -0.2) is 20.9 Å². The molecule has 0 unspecified atom stereocenters. The highest BCUT2D eigenvalue weighted by atomic mass is 35.5. The number of nitrogens with zero attached hydrogens (tertiary/aromatic N) is 2. The number of aryl methyl sites for hydroxylation is 1. The normalized spacial score (nSPS) is 10.7. The van der Waals surface area contributed by atoms with Gasteiger partial charge in [0, 0.05) is 17.5 Å². The van der Waals surface area contributed by atoms with E-state index in [2.05, 4.69) is 5.10 Å². The third-order valence-electron chi connectivity index (χ3n) is 2.03. The summed E-state index contributed by atoms with van der Waals surface area (Å²) in [5.41, 5.74) is 0.759. The zero-order valence-corrected chi connectivity index (χ0v) is 8.12. The van der Waals surface area contributed by atoms with Gasteiger partial charge < -0.3 is 5.11 Å². The summed E-state index contributed by atoms with van der Waals surface area (Å²) in [5.74, 6) is -0.999. The summed E-state index contributed by atoms with van der Waals surface area (Å²) in [6, 6.07) is 3.12. The molecule has 0 aliphatic heterocycles. The lowest BCUT2D eigenvalue weighted by Gasteiger charge is -2.00. The molecule has 0 radical (unpaired) electrons. The second-order valence-electron chi connectivity index (χ2n) is 2.96. The Hall–Kier alpha value is -1.55. The number of aromatic nitrogens is 2. The lowest BCUT2D eigenvalue weighted by molar-refractivity contribution is 0.0698. The molecule has 1 N–H and O–H groups in total. The van der Waals surface area contributed by atoms with Crippen LogP contribution in [0.5, 0.6) is 0 Å². The Bertz CT molecular complexity index is 519. The third kappa shape index (κ3) is 1.24. The van der Waals surface area contributed by atoms with E-state index in [4.69, 9.17) is 16.7 Å². The Kier molecular flexibility index (Phi) is 1.93. The molecule has 2 rings (SSSR count). The van der Waals surface area contributed by atoms with Crippen molar-refractivity contribution in [3.05, 3.63) is 28.9 Å². The van der Waals surface area contributed by atoms with Crippen LogP contribution in [0.4, 0.5) is 0 Å². The number of benzene rings is 1. The molecule has 2 aromatic rings. The van der Waals surface area contributed by atoms with Crippen LogP contribution in [0.2, 0.25) is 5.02 Å². The van der Waals surface area contributed by atoms with Crippen molar-refractivity contribution in [1.82, 2.24) is 9.78 Å². The highest BCUT2D eigenvalue weighted by Crippen LogP contribution is 2.23. The van der Waals surface area contributed by atoms with E-state index >= 15 is 0 Å². The van der Waals surface area contributed by atoms with Gasteiger partial charge >= 0.3 is 5.97 Å². The SMILES string of the molecule is Cn1ncc2cc(Cl)cc(C(=O)O)c21. The first kappa shape index (κ1) is 9.02. The molecule has 1 heterocycles. The van der Waals surface area contributed by atoms with Gasteiger partial charge in [0.1, 0.15) is 0 Å². The maximum atomic E-state index is 10.9. The minimum atomic E-state index is -0.999. The van der Waals surface area contributed by atoms with Gasteiger partial charge in [0.2, 0.25) is 0 Å². The standard InChI is InChI=1S/C9H7ClN2O2/c1-12-8-5(4-11-12)2-6(10)3-7(8)9(13)14/h2-4H,1H3,(H,13,14). The number of fused-ring (bicyclic) bond motifs is 1. The molecule has 0 amide bonds. The molecule has 0 spiro atoms. The molecular weight excluding hydrogens is 204 g/mol. The van der Waals surface area contributed by atoms with Crippen LogP contribution in [0, 0.1) is 0 Å². The Labute approximate surface area is 84.7 Å². The smallest absolute Gasteiger partial charge is 0.337 e. The maximum absolute atomic E-state index is 10.9. The number of hydrogen-bond donors (Lipinski definition) is 1. The van der Waals surface area contributed by atoms with Gasteiger partial charge in [-0.25, -0.2) is 4.79 Å². The Morgan fingerprint density at radius 3 is 2.93 bits per heavy atom. The minimum Gasteiger partial charge on any atom is -0.478 e. The quantitative estimate of drug-likeness (QED) is 0.783. The number of carboxylic acid groups (broad SMARTS) is 1. The van der Waals surface area contributed by atoms with E-state index in [-0.39, 0.29) is 5.56 Å². The van der Waals surface area contributed by atoms with Gasteiger partial charge in [-0.05, 0) is 12.1 Å². The van der Waals surface area contributed by atoms with Crippen LogP contribution in [0.3, 0.4) is 0 Å². The van der Waals surface area contributed by atoms with Crippen molar-refractivity contribution in [3.63, 3.8) is 0 Å². The predicted octanol–water partition coefficient (Wildman–Crippen LogP) is 1.92. The minimum absolute atomic E-state index is 0.174. The summed E-state index contributed by atoms with van der Waals surface area (Å²) in [4.78, 5) is 10.9. The zero-order valence-electron chi connectivity index (χ0n) is 7.36. The summed E-state index contributed by atoms with van der Waals surface area (Å²) in [5, 5.41) is 14.1. The first-order valence-electron chi connectivity index (χ1n) is 3.94. The summed E-state index contributed by atoms with van der Waals surface area (Å²) in [7, 11) is 1.70. The van der Waals surface area contributed by atoms with Crippen LogP contribution < -0.4 is 0 Å². The monoisotopic (exact) mass is 210 g/mol. The molecule has 0 saturated heterocycles. The fourth-order valence-electron chi connectivity index (χ4n) is 1.45. The summed E-state index contributed by atoms with van der Waals surface area (Å²) in [6.45, 7) is 0. The second-order valence-corrected chi connectivity index (χ2v) is 3.40. The van der Waals surface area contributed by atoms with Crippen molar-refractivity contribution >= 4 is 28.5 Å². The molecule has 5 heteroatoms. The van der Waals surface area contributed by atoms with E-state index in [1.54, 1.807) is 19.3 Å². The van der Waals surface area contributed by atoms with Crippen molar-refractivity contribution in [2.45, 2.75) is 0 Å². The van der Waals surface area contributed by atoms with Gasteiger partial charge in [0.15, 0.2) is 0 Å². The largest absolute Gasteiger partial charge is 0.478 e. The van der Waals surface area contributed by atoms with Crippen LogP contribution in [0.1, 0.15) is 10.4 Å². The molecule has 0 aliphatic rings. The highest BCUT2D eigenvalue weighted by Gasteiger charge is 2.13. The molecule has 72 valence electrons. The van der Waals surface area contributed by atoms with E-state index < -0.39 is 5.97 Å². The van der Waals surface area contributed by atoms with Crippen molar-refractivity contribution < 1.29 is 9.90 Å². The van der Waals surface area contributed by atoms with Gasteiger partial charge in [-0.1, -0.05) is 11.6 Å². The van der Waals surface area contributed by atoms with Gasteiger partial charge in [-0.2, -0.15) is 5.10 Å². The average molecular weight is 211 g/mol. The topological polar surface area (TPSA) is 55.1 Å². The van der Waals surface area contributed by atoms with Gasteiger partial charge in [-0.3, -0.25) is 4.68 Å². The van der Waals surface area contributed by atoms with Crippen LogP contribution in [-0.2, 0) is 7.05 Å². The van der Waals surface area contributed by atoms with Gasteiger partial charge in [0.25, 0.3) is 0 Å². The summed E-state index contributed by atoms with van der Waals surface area (Å²) in [6.07, 6.45) is 1.59. The highest BCUT2D eigenvalue weighted by molar-refractivity contribution is 6.32. The fraction of sp³-hybridized carbons (Fsp3) is 0.111. The van der Waals surface area contributed by atoms with Crippen LogP contribution in [0.15, 0.2) is 18.3 Å². The van der Waals surface area contributed by atoms with Gasteiger partial charge in [-0.15, -0.1) is 0 Å². The van der Waals surface area contributed by atoms with E-state index in [0.29, 0.717) is 10.5 Å². The van der Waals surface area contributed by atoms with Crippen molar-refractivity contribution in [3.8, 4) is 0 Å². The molecule has 4 nitrogen and oxygen atoms in total. The van der Waals surface area contributed by atoms with Crippen LogP contribution in [0.25, 0.3) is 10.9 Å². The molecular formula is C9H7ClN2O2. The lowest BCUT2D eigenvalue weighted by Crippen LogP contribution is -2.01. The molecule has 0 atom stereocenters. The molecule has 0 saturated carbocycles. The Balaban J connectivity index is 2.90. The Morgan fingerprint density at radius 2 is 2.29 bits per heavy atom.